The Hall–Kier alpha value is -2.61. The van der Waals surface area contributed by atoms with Crippen LogP contribution in [0.2, 0.25) is 0 Å². The first kappa shape index (κ1) is 16.8. The van der Waals surface area contributed by atoms with Crippen LogP contribution in [-0.2, 0) is 4.74 Å². The molecule has 2 atom stereocenters. The molecule has 2 aliphatic rings. The second kappa shape index (κ2) is 6.95. The SMILES string of the molecule is O=C(c1ccnnc1)N1CCC[C@]2(C[C@H](Oc3ncccc3F)CO2)C1. The number of rotatable bonds is 3. The van der Waals surface area contributed by atoms with Crippen LogP contribution in [0.5, 0.6) is 5.88 Å². The van der Waals surface area contributed by atoms with Gasteiger partial charge in [-0.1, -0.05) is 0 Å². The van der Waals surface area contributed by atoms with Crippen molar-refractivity contribution in [3.8, 4) is 5.88 Å². The Morgan fingerprint density at radius 3 is 3.08 bits per heavy atom. The first-order chi connectivity index (χ1) is 12.7. The summed E-state index contributed by atoms with van der Waals surface area (Å²) in [6.45, 7) is 1.51. The minimum atomic E-state index is -0.487. The van der Waals surface area contributed by atoms with E-state index in [0.29, 0.717) is 31.7 Å². The molecule has 0 saturated carbocycles. The Morgan fingerprint density at radius 1 is 1.35 bits per heavy atom. The van der Waals surface area contributed by atoms with Gasteiger partial charge in [0, 0.05) is 19.2 Å². The molecule has 26 heavy (non-hydrogen) atoms. The van der Waals surface area contributed by atoms with Crippen LogP contribution in [0.4, 0.5) is 4.39 Å². The Labute approximate surface area is 150 Å². The number of ether oxygens (including phenoxy) is 2. The molecule has 2 aromatic heterocycles. The second-order valence-electron chi connectivity index (χ2n) is 6.69. The van der Waals surface area contributed by atoms with Gasteiger partial charge in [-0.3, -0.25) is 4.79 Å². The van der Waals surface area contributed by atoms with Crippen molar-refractivity contribution in [2.24, 2.45) is 0 Å². The van der Waals surface area contributed by atoms with Crippen molar-refractivity contribution < 1.29 is 18.7 Å². The number of aromatic nitrogens is 3. The normalized spacial score (nSPS) is 25.4. The number of hydrogen-bond donors (Lipinski definition) is 0. The van der Waals surface area contributed by atoms with E-state index in [-0.39, 0.29) is 17.9 Å². The molecule has 0 bridgehead atoms. The zero-order valence-electron chi connectivity index (χ0n) is 14.2. The van der Waals surface area contributed by atoms with Crippen molar-refractivity contribution in [1.29, 1.82) is 0 Å². The molecule has 2 fully saturated rings. The van der Waals surface area contributed by atoms with Crippen molar-refractivity contribution in [2.75, 3.05) is 19.7 Å². The first-order valence-corrected chi connectivity index (χ1v) is 8.62. The van der Waals surface area contributed by atoms with E-state index in [0.717, 1.165) is 12.8 Å². The average Bonchev–Trinajstić information content (AvgIpc) is 3.05. The van der Waals surface area contributed by atoms with Gasteiger partial charge in [0.1, 0.15) is 6.10 Å². The number of pyridine rings is 1. The molecule has 0 aliphatic carbocycles. The molecule has 4 heterocycles. The zero-order chi connectivity index (χ0) is 18.0. The van der Waals surface area contributed by atoms with E-state index in [9.17, 15) is 9.18 Å². The molecule has 4 rings (SSSR count). The summed E-state index contributed by atoms with van der Waals surface area (Å²) in [6, 6.07) is 4.49. The van der Waals surface area contributed by atoms with Crippen molar-refractivity contribution in [1.82, 2.24) is 20.1 Å². The summed E-state index contributed by atoms with van der Waals surface area (Å²) >= 11 is 0. The van der Waals surface area contributed by atoms with Crippen LogP contribution < -0.4 is 4.74 Å². The third kappa shape index (κ3) is 3.37. The lowest BCUT2D eigenvalue weighted by molar-refractivity contribution is -0.0453. The maximum Gasteiger partial charge on any atom is 0.255 e. The topological polar surface area (TPSA) is 77.4 Å². The molecule has 1 spiro atoms. The van der Waals surface area contributed by atoms with Gasteiger partial charge in [0.2, 0.25) is 0 Å². The van der Waals surface area contributed by atoms with Crippen LogP contribution in [-0.4, -0.2) is 57.4 Å². The third-order valence-corrected chi connectivity index (χ3v) is 4.84. The highest BCUT2D eigenvalue weighted by atomic mass is 19.1. The fraction of sp³-hybridized carbons (Fsp3) is 0.444. The number of carbonyl (C=O) groups is 1. The summed E-state index contributed by atoms with van der Waals surface area (Å²) in [7, 11) is 0. The van der Waals surface area contributed by atoms with Gasteiger partial charge in [-0.15, -0.1) is 0 Å². The number of likely N-dealkylation sites (tertiary alicyclic amines) is 1. The summed E-state index contributed by atoms with van der Waals surface area (Å²) in [4.78, 5) is 18.4. The predicted octanol–water partition coefficient (Wildman–Crippen LogP) is 1.85. The molecule has 1 amide bonds. The summed E-state index contributed by atoms with van der Waals surface area (Å²) < 4.78 is 25.4. The molecule has 0 unspecified atom stereocenters. The molecular weight excluding hydrogens is 339 g/mol. The largest absolute Gasteiger partial charge is 0.470 e. The summed E-state index contributed by atoms with van der Waals surface area (Å²) in [6.07, 6.45) is 6.47. The molecule has 136 valence electrons. The van der Waals surface area contributed by atoms with Gasteiger partial charge in [0.15, 0.2) is 5.82 Å². The average molecular weight is 358 g/mol. The van der Waals surface area contributed by atoms with Gasteiger partial charge < -0.3 is 14.4 Å². The number of amides is 1. The highest BCUT2D eigenvalue weighted by Crippen LogP contribution is 2.36. The number of nitrogens with zero attached hydrogens (tertiary/aromatic N) is 4. The van der Waals surface area contributed by atoms with E-state index in [4.69, 9.17) is 9.47 Å². The van der Waals surface area contributed by atoms with Crippen molar-refractivity contribution in [2.45, 2.75) is 31.0 Å². The highest BCUT2D eigenvalue weighted by Gasteiger charge is 2.45. The quantitative estimate of drug-likeness (QED) is 0.833. The Kier molecular flexibility index (Phi) is 4.50. The van der Waals surface area contributed by atoms with Gasteiger partial charge in [-0.05, 0) is 31.0 Å². The molecular formula is C18H19FN4O3. The maximum atomic E-state index is 13.7. The van der Waals surface area contributed by atoms with Crippen LogP contribution in [0.1, 0.15) is 29.6 Å². The van der Waals surface area contributed by atoms with E-state index >= 15 is 0 Å². The Bertz CT molecular complexity index is 791. The fourth-order valence-electron chi connectivity index (χ4n) is 3.65. The third-order valence-electron chi connectivity index (χ3n) is 4.84. The molecule has 8 heteroatoms. The van der Waals surface area contributed by atoms with Crippen LogP contribution in [0, 0.1) is 5.82 Å². The molecule has 2 aromatic rings. The standard InChI is InChI=1S/C18H19FN4O3/c19-15-3-1-6-20-16(15)26-14-9-18(25-11-14)5-2-8-23(12-18)17(24)13-4-7-21-22-10-13/h1,3-4,6-7,10,14H,2,5,8-9,11-12H2/t14-,18-/m0/s1. The smallest absolute Gasteiger partial charge is 0.255 e. The minimum absolute atomic E-state index is 0.00949. The number of halogens is 1. The van der Waals surface area contributed by atoms with Crippen LogP contribution in [0.25, 0.3) is 0 Å². The monoisotopic (exact) mass is 358 g/mol. The van der Waals surface area contributed by atoms with E-state index in [2.05, 4.69) is 15.2 Å². The van der Waals surface area contributed by atoms with E-state index in [1.807, 2.05) is 0 Å². The minimum Gasteiger partial charge on any atom is -0.470 e. The molecule has 2 saturated heterocycles. The fourth-order valence-corrected chi connectivity index (χ4v) is 3.65. The van der Waals surface area contributed by atoms with Crippen molar-refractivity contribution in [3.05, 3.63) is 48.2 Å². The highest BCUT2D eigenvalue weighted by molar-refractivity contribution is 5.93. The van der Waals surface area contributed by atoms with Crippen molar-refractivity contribution in [3.63, 3.8) is 0 Å². The number of hydrogen-bond acceptors (Lipinski definition) is 6. The molecule has 0 N–H and O–H groups in total. The van der Waals surface area contributed by atoms with Gasteiger partial charge in [0.25, 0.3) is 11.8 Å². The molecule has 0 aromatic carbocycles. The van der Waals surface area contributed by atoms with Crippen LogP contribution in [0.3, 0.4) is 0 Å². The first-order valence-electron chi connectivity index (χ1n) is 8.62. The lowest BCUT2D eigenvalue weighted by atomic mass is 9.89. The van der Waals surface area contributed by atoms with Gasteiger partial charge in [0.05, 0.1) is 36.7 Å². The van der Waals surface area contributed by atoms with Crippen molar-refractivity contribution >= 4 is 5.91 Å². The summed E-state index contributed by atoms with van der Waals surface area (Å²) in [5.41, 5.74) is 0.0583. The lowest BCUT2D eigenvalue weighted by Gasteiger charge is -2.39. The number of piperidine rings is 1. The molecule has 2 aliphatic heterocycles. The van der Waals surface area contributed by atoms with E-state index in [1.165, 1.54) is 30.7 Å². The van der Waals surface area contributed by atoms with E-state index < -0.39 is 11.4 Å². The van der Waals surface area contributed by atoms with Crippen LogP contribution in [0.15, 0.2) is 36.8 Å². The Morgan fingerprint density at radius 2 is 2.27 bits per heavy atom. The van der Waals surface area contributed by atoms with E-state index in [1.54, 1.807) is 11.0 Å². The summed E-state index contributed by atoms with van der Waals surface area (Å²) in [5, 5.41) is 7.47. The number of carbonyl (C=O) groups excluding carboxylic acids is 1. The van der Waals surface area contributed by atoms with Gasteiger partial charge >= 0.3 is 0 Å². The molecule has 0 radical (unpaired) electrons. The molecule has 7 nitrogen and oxygen atoms in total. The maximum absolute atomic E-state index is 13.7. The Balaban J connectivity index is 1.43. The summed E-state index contributed by atoms with van der Waals surface area (Å²) in [5.74, 6) is -0.577. The predicted molar refractivity (Wildman–Crippen MR) is 89.1 cm³/mol. The lowest BCUT2D eigenvalue weighted by Crippen LogP contribution is -2.50. The van der Waals surface area contributed by atoms with Gasteiger partial charge in [-0.25, -0.2) is 9.37 Å². The van der Waals surface area contributed by atoms with Gasteiger partial charge in [-0.2, -0.15) is 10.2 Å². The van der Waals surface area contributed by atoms with Crippen LogP contribution >= 0.6 is 0 Å². The zero-order valence-corrected chi connectivity index (χ0v) is 14.2. The second-order valence-corrected chi connectivity index (χ2v) is 6.69.